The van der Waals surface area contributed by atoms with Crippen molar-refractivity contribution in [2.45, 2.75) is 0 Å². The van der Waals surface area contributed by atoms with Gasteiger partial charge in [0.05, 0.1) is 6.26 Å². The van der Waals surface area contributed by atoms with Crippen molar-refractivity contribution in [2.75, 3.05) is 37.3 Å². The standard InChI is InChI=1S/C10H16N6O2S/c1-19(17,18)16-6-4-15(5-7-16)10-8(9(11)12)13-2-3-14-10/h2-3H,4-7H2,1H3,(H3,11,12). The SMILES string of the molecule is CS(=O)(=O)N1CCN(c2nccnc2C(=N)N)CC1. The number of anilines is 1. The minimum Gasteiger partial charge on any atom is -0.382 e. The quantitative estimate of drug-likeness (QED) is 0.534. The highest BCUT2D eigenvalue weighted by atomic mass is 32.2. The largest absolute Gasteiger partial charge is 0.382 e. The van der Waals surface area contributed by atoms with E-state index >= 15 is 0 Å². The van der Waals surface area contributed by atoms with Crippen molar-refractivity contribution in [2.24, 2.45) is 5.73 Å². The molecule has 1 saturated heterocycles. The van der Waals surface area contributed by atoms with Crippen molar-refractivity contribution >= 4 is 21.7 Å². The third-order valence-corrected chi connectivity index (χ3v) is 4.24. The second kappa shape index (κ2) is 5.10. The van der Waals surface area contributed by atoms with E-state index in [1.165, 1.54) is 23.0 Å². The lowest BCUT2D eigenvalue weighted by atomic mass is 10.3. The molecule has 1 fully saturated rings. The molecule has 1 aliphatic rings. The fraction of sp³-hybridized carbons (Fsp3) is 0.500. The summed E-state index contributed by atoms with van der Waals surface area (Å²) in [6.45, 7) is 1.80. The Labute approximate surface area is 111 Å². The van der Waals surface area contributed by atoms with Crippen molar-refractivity contribution in [3.05, 3.63) is 18.1 Å². The van der Waals surface area contributed by atoms with Gasteiger partial charge in [0.2, 0.25) is 10.0 Å². The van der Waals surface area contributed by atoms with Crippen LogP contribution in [0, 0.1) is 5.41 Å². The molecule has 0 atom stereocenters. The van der Waals surface area contributed by atoms with Crippen LogP contribution in [-0.2, 0) is 10.0 Å². The van der Waals surface area contributed by atoms with E-state index in [4.69, 9.17) is 11.1 Å². The van der Waals surface area contributed by atoms with Gasteiger partial charge in [-0.3, -0.25) is 5.41 Å². The van der Waals surface area contributed by atoms with Gasteiger partial charge in [0, 0.05) is 38.6 Å². The molecule has 0 spiro atoms. The molecule has 0 bridgehead atoms. The minimum absolute atomic E-state index is 0.145. The molecule has 9 heteroatoms. The first kappa shape index (κ1) is 13.7. The van der Waals surface area contributed by atoms with E-state index in [1.54, 1.807) is 0 Å². The molecule has 0 amide bonds. The molecule has 0 aromatic carbocycles. The maximum atomic E-state index is 11.4. The van der Waals surface area contributed by atoms with Crippen LogP contribution in [0.25, 0.3) is 0 Å². The number of nitrogen functional groups attached to an aromatic ring is 1. The van der Waals surface area contributed by atoms with E-state index in [1.807, 2.05) is 4.90 Å². The first-order valence-corrected chi connectivity index (χ1v) is 7.60. The number of nitrogens with zero attached hydrogens (tertiary/aromatic N) is 4. The second-order valence-electron chi connectivity index (χ2n) is 4.29. The summed E-state index contributed by atoms with van der Waals surface area (Å²) >= 11 is 0. The van der Waals surface area contributed by atoms with Crippen LogP contribution in [0.5, 0.6) is 0 Å². The summed E-state index contributed by atoms with van der Waals surface area (Å²) in [6, 6.07) is 0. The Bertz CT molecular complexity index is 579. The summed E-state index contributed by atoms with van der Waals surface area (Å²) in [4.78, 5) is 10.1. The number of aromatic nitrogens is 2. The summed E-state index contributed by atoms with van der Waals surface area (Å²) in [5.41, 5.74) is 5.79. The van der Waals surface area contributed by atoms with Gasteiger partial charge in [-0.15, -0.1) is 0 Å². The van der Waals surface area contributed by atoms with E-state index in [0.717, 1.165) is 0 Å². The fourth-order valence-corrected chi connectivity index (χ4v) is 2.81. The molecule has 19 heavy (non-hydrogen) atoms. The minimum atomic E-state index is -3.15. The van der Waals surface area contributed by atoms with Crippen LogP contribution >= 0.6 is 0 Å². The van der Waals surface area contributed by atoms with Crippen LogP contribution in [-0.4, -0.2) is 61.0 Å². The summed E-state index contributed by atoms with van der Waals surface area (Å²) in [5.74, 6) is 0.386. The number of amidine groups is 1. The topological polar surface area (TPSA) is 116 Å². The van der Waals surface area contributed by atoms with E-state index in [9.17, 15) is 8.42 Å². The van der Waals surface area contributed by atoms with E-state index in [2.05, 4.69) is 9.97 Å². The lowest BCUT2D eigenvalue weighted by molar-refractivity contribution is 0.386. The molecule has 0 saturated carbocycles. The smallest absolute Gasteiger partial charge is 0.211 e. The van der Waals surface area contributed by atoms with Crippen molar-refractivity contribution in [3.63, 3.8) is 0 Å². The monoisotopic (exact) mass is 284 g/mol. The first-order chi connectivity index (χ1) is 8.89. The molecule has 2 heterocycles. The van der Waals surface area contributed by atoms with E-state index < -0.39 is 10.0 Å². The molecule has 0 radical (unpaired) electrons. The molecule has 104 valence electrons. The third kappa shape index (κ3) is 2.99. The highest BCUT2D eigenvalue weighted by Gasteiger charge is 2.25. The van der Waals surface area contributed by atoms with Crippen molar-refractivity contribution < 1.29 is 8.42 Å². The van der Waals surface area contributed by atoms with Crippen LogP contribution in [0.4, 0.5) is 5.82 Å². The Balaban J connectivity index is 2.16. The van der Waals surface area contributed by atoms with Crippen LogP contribution in [0.2, 0.25) is 0 Å². The maximum absolute atomic E-state index is 11.4. The molecule has 1 aromatic heterocycles. The van der Waals surface area contributed by atoms with Gasteiger partial charge in [0.25, 0.3) is 0 Å². The Morgan fingerprint density at radius 1 is 1.26 bits per heavy atom. The number of sulfonamides is 1. The molecular weight excluding hydrogens is 268 g/mol. The van der Waals surface area contributed by atoms with Gasteiger partial charge in [0.1, 0.15) is 11.5 Å². The van der Waals surface area contributed by atoms with E-state index in [0.29, 0.717) is 37.7 Å². The van der Waals surface area contributed by atoms with Gasteiger partial charge in [-0.1, -0.05) is 0 Å². The molecule has 0 unspecified atom stereocenters. The Morgan fingerprint density at radius 2 is 1.84 bits per heavy atom. The Morgan fingerprint density at radius 3 is 2.37 bits per heavy atom. The van der Waals surface area contributed by atoms with Gasteiger partial charge >= 0.3 is 0 Å². The lowest BCUT2D eigenvalue weighted by Crippen LogP contribution is -2.49. The molecular formula is C10H16N6O2S. The third-order valence-electron chi connectivity index (χ3n) is 2.94. The van der Waals surface area contributed by atoms with Crippen LogP contribution in [0.1, 0.15) is 5.69 Å². The van der Waals surface area contributed by atoms with Gasteiger partial charge in [-0.05, 0) is 0 Å². The number of hydrogen-bond acceptors (Lipinski definition) is 6. The second-order valence-corrected chi connectivity index (χ2v) is 6.27. The zero-order chi connectivity index (χ0) is 14.0. The molecule has 0 aliphatic carbocycles. The molecule has 3 N–H and O–H groups in total. The molecule has 1 aliphatic heterocycles. The normalized spacial score (nSPS) is 17.4. The fourth-order valence-electron chi connectivity index (χ4n) is 1.98. The number of hydrogen-bond donors (Lipinski definition) is 2. The zero-order valence-corrected chi connectivity index (χ0v) is 11.4. The average Bonchev–Trinajstić information content (AvgIpc) is 2.38. The van der Waals surface area contributed by atoms with Crippen molar-refractivity contribution in [1.29, 1.82) is 5.41 Å². The number of nitrogens with two attached hydrogens (primary N) is 1. The molecule has 1 aromatic rings. The number of piperazine rings is 1. The van der Waals surface area contributed by atoms with Crippen molar-refractivity contribution in [1.82, 2.24) is 14.3 Å². The number of rotatable bonds is 3. The van der Waals surface area contributed by atoms with Crippen LogP contribution < -0.4 is 10.6 Å². The predicted octanol–water partition coefficient (Wildman–Crippen LogP) is -1.16. The highest BCUT2D eigenvalue weighted by molar-refractivity contribution is 7.88. The van der Waals surface area contributed by atoms with Gasteiger partial charge < -0.3 is 10.6 Å². The molecule has 2 rings (SSSR count). The maximum Gasteiger partial charge on any atom is 0.211 e. The Kier molecular flexibility index (Phi) is 3.67. The average molecular weight is 284 g/mol. The summed E-state index contributed by atoms with van der Waals surface area (Å²) in [5, 5.41) is 7.48. The van der Waals surface area contributed by atoms with Crippen LogP contribution in [0.15, 0.2) is 12.4 Å². The lowest BCUT2D eigenvalue weighted by Gasteiger charge is -2.34. The Hall–Kier alpha value is -1.74. The summed E-state index contributed by atoms with van der Waals surface area (Å²) < 4.78 is 24.3. The van der Waals surface area contributed by atoms with E-state index in [-0.39, 0.29) is 5.84 Å². The summed E-state index contributed by atoms with van der Waals surface area (Å²) in [7, 11) is -3.15. The van der Waals surface area contributed by atoms with Crippen LogP contribution in [0.3, 0.4) is 0 Å². The summed E-state index contributed by atoms with van der Waals surface area (Å²) in [6.07, 6.45) is 4.21. The zero-order valence-electron chi connectivity index (χ0n) is 10.6. The highest BCUT2D eigenvalue weighted by Crippen LogP contribution is 2.17. The molecule has 8 nitrogen and oxygen atoms in total. The van der Waals surface area contributed by atoms with Gasteiger partial charge in [0.15, 0.2) is 5.82 Å². The number of nitrogens with one attached hydrogen (secondary N) is 1. The first-order valence-electron chi connectivity index (χ1n) is 5.75. The predicted molar refractivity (Wildman–Crippen MR) is 71.7 cm³/mol. The van der Waals surface area contributed by atoms with Gasteiger partial charge in [-0.2, -0.15) is 4.31 Å². The van der Waals surface area contributed by atoms with Gasteiger partial charge in [-0.25, -0.2) is 18.4 Å². The van der Waals surface area contributed by atoms with Crippen molar-refractivity contribution in [3.8, 4) is 0 Å².